The van der Waals surface area contributed by atoms with E-state index in [1.807, 2.05) is 24.3 Å². The lowest BCUT2D eigenvalue weighted by Gasteiger charge is -2.16. The summed E-state index contributed by atoms with van der Waals surface area (Å²) in [5.74, 6) is -0.195. The van der Waals surface area contributed by atoms with E-state index < -0.39 is 0 Å². The maximum Gasteiger partial charge on any atom is 0.123 e. The fourth-order valence-electron chi connectivity index (χ4n) is 1.94. The summed E-state index contributed by atoms with van der Waals surface area (Å²) >= 11 is 9.34. The third kappa shape index (κ3) is 4.22. The normalized spacial score (nSPS) is 12.2. The molecular formula is C15H14BrClFN. The predicted octanol–water partition coefficient (Wildman–Crippen LogP) is 5.28. The molecule has 0 aromatic heterocycles. The van der Waals surface area contributed by atoms with Crippen LogP contribution < -0.4 is 5.32 Å². The number of hydrogen-bond donors (Lipinski definition) is 1. The van der Waals surface area contributed by atoms with Gasteiger partial charge in [0.1, 0.15) is 5.82 Å². The van der Waals surface area contributed by atoms with Gasteiger partial charge in [0.25, 0.3) is 0 Å². The minimum Gasteiger partial charge on any atom is -0.382 e. The van der Waals surface area contributed by atoms with Crippen molar-refractivity contribution in [1.29, 1.82) is 0 Å². The number of anilines is 1. The Morgan fingerprint density at radius 3 is 2.74 bits per heavy atom. The molecule has 19 heavy (non-hydrogen) atoms. The van der Waals surface area contributed by atoms with Crippen LogP contribution in [0.15, 0.2) is 46.9 Å². The van der Waals surface area contributed by atoms with Crippen molar-refractivity contribution >= 4 is 33.2 Å². The number of nitrogens with one attached hydrogen (secondary N) is 1. The van der Waals surface area contributed by atoms with E-state index in [2.05, 4.69) is 28.2 Å². The lowest BCUT2D eigenvalue weighted by Crippen LogP contribution is -2.18. The number of hydrogen-bond acceptors (Lipinski definition) is 1. The fourth-order valence-corrected chi connectivity index (χ4v) is 2.44. The second-order valence-electron chi connectivity index (χ2n) is 4.51. The van der Waals surface area contributed by atoms with Crippen LogP contribution in [-0.4, -0.2) is 6.04 Å². The van der Waals surface area contributed by atoms with Crippen LogP contribution in [0.3, 0.4) is 0 Å². The van der Waals surface area contributed by atoms with Gasteiger partial charge in [-0.25, -0.2) is 4.39 Å². The van der Waals surface area contributed by atoms with Crippen molar-refractivity contribution in [3.63, 3.8) is 0 Å². The van der Waals surface area contributed by atoms with E-state index >= 15 is 0 Å². The average molecular weight is 343 g/mol. The summed E-state index contributed by atoms with van der Waals surface area (Å²) in [6.07, 6.45) is 0.762. The largest absolute Gasteiger partial charge is 0.382 e. The quantitative estimate of drug-likeness (QED) is 0.796. The molecule has 0 saturated heterocycles. The summed E-state index contributed by atoms with van der Waals surface area (Å²) in [4.78, 5) is 0. The minimum atomic E-state index is -0.195. The Balaban J connectivity index is 2.01. The van der Waals surface area contributed by atoms with Crippen molar-refractivity contribution in [1.82, 2.24) is 0 Å². The third-order valence-corrected chi connectivity index (χ3v) is 3.98. The second kappa shape index (κ2) is 6.40. The van der Waals surface area contributed by atoms with Crippen molar-refractivity contribution < 1.29 is 4.39 Å². The molecule has 0 spiro atoms. The minimum absolute atomic E-state index is 0.195. The second-order valence-corrected chi connectivity index (χ2v) is 5.77. The summed E-state index contributed by atoms with van der Waals surface area (Å²) in [6, 6.07) is 12.6. The summed E-state index contributed by atoms with van der Waals surface area (Å²) in [5, 5.41) is 4.05. The van der Waals surface area contributed by atoms with Gasteiger partial charge in [0.15, 0.2) is 0 Å². The molecule has 0 saturated carbocycles. The molecule has 100 valence electrons. The highest BCUT2D eigenvalue weighted by Crippen LogP contribution is 2.26. The van der Waals surface area contributed by atoms with Crippen molar-refractivity contribution in [3.8, 4) is 0 Å². The molecule has 1 atom stereocenters. The molecule has 1 unspecified atom stereocenters. The van der Waals surface area contributed by atoms with Crippen LogP contribution in [0, 0.1) is 5.82 Å². The van der Waals surface area contributed by atoms with Crippen LogP contribution in [0.1, 0.15) is 12.5 Å². The van der Waals surface area contributed by atoms with Gasteiger partial charge < -0.3 is 5.32 Å². The monoisotopic (exact) mass is 341 g/mol. The van der Waals surface area contributed by atoms with Crippen LogP contribution >= 0.6 is 27.5 Å². The first-order valence-corrected chi connectivity index (χ1v) is 7.18. The molecule has 0 heterocycles. The maximum atomic E-state index is 13.1. The zero-order chi connectivity index (χ0) is 13.8. The zero-order valence-corrected chi connectivity index (χ0v) is 12.8. The first kappa shape index (κ1) is 14.4. The van der Waals surface area contributed by atoms with Crippen LogP contribution in [0.5, 0.6) is 0 Å². The van der Waals surface area contributed by atoms with Crippen LogP contribution in [-0.2, 0) is 6.42 Å². The molecule has 2 aromatic rings. The van der Waals surface area contributed by atoms with E-state index in [9.17, 15) is 4.39 Å². The molecule has 1 nitrogen and oxygen atoms in total. The zero-order valence-electron chi connectivity index (χ0n) is 10.5. The van der Waals surface area contributed by atoms with Crippen molar-refractivity contribution in [2.45, 2.75) is 19.4 Å². The molecule has 4 heteroatoms. The van der Waals surface area contributed by atoms with Crippen LogP contribution in [0.25, 0.3) is 0 Å². The van der Waals surface area contributed by atoms with E-state index in [1.54, 1.807) is 12.1 Å². The van der Waals surface area contributed by atoms with Gasteiger partial charge in [-0.05, 0) is 65.2 Å². The lowest BCUT2D eigenvalue weighted by molar-refractivity contribution is 0.624. The molecule has 0 bridgehead atoms. The SMILES string of the molecule is CC(Cc1cccc(F)c1)Nc1ccc(Cl)c(Br)c1. The smallest absolute Gasteiger partial charge is 0.123 e. The molecule has 2 rings (SSSR count). The van der Waals surface area contributed by atoms with E-state index in [0.29, 0.717) is 5.02 Å². The van der Waals surface area contributed by atoms with Crippen LogP contribution in [0.4, 0.5) is 10.1 Å². The fraction of sp³-hybridized carbons (Fsp3) is 0.200. The van der Waals surface area contributed by atoms with Gasteiger partial charge >= 0.3 is 0 Å². The van der Waals surface area contributed by atoms with E-state index in [0.717, 1.165) is 22.1 Å². The van der Waals surface area contributed by atoms with Crippen molar-refractivity contribution in [2.75, 3.05) is 5.32 Å². The number of rotatable bonds is 4. The summed E-state index contributed by atoms with van der Waals surface area (Å²) in [6.45, 7) is 2.06. The van der Waals surface area contributed by atoms with Gasteiger partial charge in [-0.1, -0.05) is 23.7 Å². The third-order valence-electron chi connectivity index (χ3n) is 2.76. The number of benzene rings is 2. The molecule has 2 aromatic carbocycles. The van der Waals surface area contributed by atoms with Gasteiger partial charge in [0, 0.05) is 16.2 Å². The van der Waals surface area contributed by atoms with Gasteiger partial charge in [0.05, 0.1) is 5.02 Å². The Hall–Kier alpha value is -1.06. The topological polar surface area (TPSA) is 12.0 Å². The molecule has 1 N–H and O–H groups in total. The van der Waals surface area contributed by atoms with E-state index in [-0.39, 0.29) is 11.9 Å². The van der Waals surface area contributed by atoms with Crippen molar-refractivity contribution in [2.24, 2.45) is 0 Å². The Kier molecular flexibility index (Phi) is 4.83. The van der Waals surface area contributed by atoms with E-state index in [4.69, 9.17) is 11.6 Å². The van der Waals surface area contributed by atoms with Gasteiger partial charge in [0.2, 0.25) is 0 Å². The number of halogens is 3. The molecule has 0 aliphatic carbocycles. The molecule has 0 radical (unpaired) electrons. The summed E-state index contributed by atoms with van der Waals surface area (Å²) in [5.41, 5.74) is 1.97. The summed E-state index contributed by atoms with van der Waals surface area (Å²) in [7, 11) is 0. The van der Waals surface area contributed by atoms with Crippen LogP contribution in [0.2, 0.25) is 5.02 Å². The molecule has 0 aliphatic heterocycles. The van der Waals surface area contributed by atoms with Gasteiger partial charge in [-0.2, -0.15) is 0 Å². The first-order chi connectivity index (χ1) is 9.04. The Bertz CT molecular complexity index is 574. The Labute approximate surface area is 125 Å². The first-order valence-electron chi connectivity index (χ1n) is 6.00. The van der Waals surface area contributed by atoms with E-state index in [1.165, 1.54) is 6.07 Å². The maximum absolute atomic E-state index is 13.1. The molecule has 0 amide bonds. The van der Waals surface area contributed by atoms with Crippen molar-refractivity contribution in [3.05, 3.63) is 63.3 Å². The molecule has 0 aliphatic rings. The standard InChI is InChI=1S/C15H14BrClFN/c1-10(7-11-3-2-4-12(18)8-11)19-13-5-6-15(17)14(16)9-13/h2-6,8-10,19H,7H2,1H3. The van der Waals surface area contributed by atoms with Gasteiger partial charge in [-0.3, -0.25) is 0 Å². The highest BCUT2D eigenvalue weighted by Gasteiger charge is 2.06. The summed E-state index contributed by atoms with van der Waals surface area (Å²) < 4.78 is 14.0. The Morgan fingerprint density at radius 2 is 2.05 bits per heavy atom. The molecule has 0 fully saturated rings. The average Bonchev–Trinajstić information content (AvgIpc) is 2.34. The lowest BCUT2D eigenvalue weighted by atomic mass is 10.1. The Morgan fingerprint density at radius 1 is 1.26 bits per heavy atom. The highest BCUT2D eigenvalue weighted by atomic mass is 79.9. The molecular weight excluding hydrogens is 329 g/mol. The highest BCUT2D eigenvalue weighted by molar-refractivity contribution is 9.10. The predicted molar refractivity (Wildman–Crippen MR) is 82.3 cm³/mol. The van der Waals surface area contributed by atoms with Gasteiger partial charge in [-0.15, -0.1) is 0 Å².